The summed E-state index contributed by atoms with van der Waals surface area (Å²) in [7, 11) is 0. The predicted octanol–water partition coefficient (Wildman–Crippen LogP) is 1.51. The van der Waals surface area contributed by atoms with E-state index in [1.807, 2.05) is 12.3 Å². The standard InChI is InChI=1S/C11H15N3S/c12-10(15)8-9-4-3-5-13-11(9)14-6-1-2-7-14/h3-5H,1-2,6-8H2,(H2,12,15). The zero-order valence-corrected chi connectivity index (χ0v) is 9.46. The van der Waals surface area contributed by atoms with Crippen molar-refractivity contribution in [3.8, 4) is 0 Å². The Labute approximate surface area is 95.3 Å². The number of pyridine rings is 1. The van der Waals surface area contributed by atoms with Gasteiger partial charge in [0.15, 0.2) is 0 Å². The average molecular weight is 221 g/mol. The average Bonchev–Trinajstić information content (AvgIpc) is 2.70. The highest BCUT2D eigenvalue weighted by atomic mass is 32.1. The SMILES string of the molecule is NC(=S)Cc1cccnc1N1CCCC1. The quantitative estimate of drug-likeness (QED) is 0.786. The molecule has 3 nitrogen and oxygen atoms in total. The molecule has 1 saturated heterocycles. The lowest BCUT2D eigenvalue weighted by Crippen LogP contribution is -2.22. The van der Waals surface area contributed by atoms with Crippen molar-refractivity contribution in [1.29, 1.82) is 0 Å². The molecular formula is C11H15N3S. The molecule has 0 aliphatic carbocycles. The molecule has 0 atom stereocenters. The van der Waals surface area contributed by atoms with Crippen molar-refractivity contribution < 1.29 is 0 Å². The third kappa shape index (κ3) is 2.45. The van der Waals surface area contributed by atoms with Crippen LogP contribution in [0.4, 0.5) is 5.82 Å². The first kappa shape index (κ1) is 10.4. The number of rotatable bonds is 3. The van der Waals surface area contributed by atoms with Gasteiger partial charge in [0.1, 0.15) is 5.82 Å². The van der Waals surface area contributed by atoms with Crippen molar-refractivity contribution >= 4 is 23.0 Å². The van der Waals surface area contributed by atoms with Gasteiger partial charge in [-0.25, -0.2) is 4.98 Å². The van der Waals surface area contributed by atoms with Gasteiger partial charge in [0.2, 0.25) is 0 Å². The minimum Gasteiger partial charge on any atom is -0.393 e. The van der Waals surface area contributed by atoms with Gasteiger partial charge in [-0.15, -0.1) is 0 Å². The van der Waals surface area contributed by atoms with E-state index in [9.17, 15) is 0 Å². The number of nitrogens with two attached hydrogens (primary N) is 1. The lowest BCUT2D eigenvalue weighted by molar-refractivity contribution is 0.924. The Morgan fingerprint density at radius 3 is 2.87 bits per heavy atom. The Morgan fingerprint density at radius 2 is 2.20 bits per heavy atom. The van der Waals surface area contributed by atoms with E-state index < -0.39 is 0 Å². The maximum absolute atomic E-state index is 5.58. The summed E-state index contributed by atoms with van der Waals surface area (Å²) in [5, 5.41) is 0. The van der Waals surface area contributed by atoms with Crippen LogP contribution in [0.3, 0.4) is 0 Å². The van der Waals surface area contributed by atoms with Gasteiger partial charge in [-0.3, -0.25) is 0 Å². The van der Waals surface area contributed by atoms with Gasteiger partial charge in [-0.2, -0.15) is 0 Å². The van der Waals surface area contributed by atoms with Crippen molar-refractivity contribution in [1.82, 2.24) is 4.98 Å². The van der Waals surface area contributed by atoms with E-state index in [1.54, 1.807) is 0 Å². The first-order valence-electron chi connectivity index (χ1n) is 5.24. The van der Waals surface area contributed by atoms with Crippen molar-refractivity contribution in [3.05, 3.63) is 23.9 Å². The highest BCUT2D eigenvalue weighted by Crippen LogP contribution is 2.22. The van der Waals surface area contributed by atoms with Crippen LogP contribution in [-0.2, 0) is 6.42 Å². The van der Waals surface area contributed by atoms with E-state index in [0.717, 1.165) is 24.5 Å². The second-order valence-electron chi connectivity index (χ2n) is 3.82. The normalized spacial score (nSPS) is 15.6. The molecule has 15 heavy (non-hydrogen) atoms. The van der Waals surface area contributed by atoms with Gasteiger partial charge in [-0.1, -0.05) is 18.3 Å². The minimum atomic E-state index is 0.531. The number of nitrogens with zero attached hydrogens (tertiary/aromatic N) is 2. The van der Waals surface area contributed by atoms with Crippen LogP contribution in [0.25, 0.3) is 0 Å². The molecule has 80 valence electrons. The zero-order valence-electron chi connectivity index (χ0n) is 8.65. The maximum Gasteiger partial charge on any atom is 0.132 e. The van der Waals surface area contributed by atoms with Crippen LogP contribution in [0.1, 0.15) is 18.4 Å². The molecule has 1 aromatic rings. The summed E-state index contributed by atoms with van der Waals surface area (Å²) in [4.78, 5) is 7.27. The van der Waals surface area contributed by atoms with Crippen LogP contribution < -0.4 is 10.6 Å². The molecule has 1 aliphatic rings. The van der Waals surface area contributed by atoms with Crippen molar-refractivity contribution in [3.63, 3.8) is 0 Å². The Morgan fingerprint density at radius 1 is 1.47 bits per heavy atom. The molecular weight excluding hydrogens is 206 g/mol. The molecule has 0 radical (unpaired) electrons. The third-order valence-electron chi connectivity index (χ3n) is 2.64. The number of hydrogen-bond acceptors (Lipinski definition) is 3. The summed E-state index contributed by atoms with van der Waals surface area (Å²) >= 11 is 4.94. The molecule has 4 heteroatoms. The number of aromatic nitrogens is 1. The monoisotopic (exact) mass is 221 g/mol. The van der Waals surface area contributed by atoms with E-state index >= 15 is 0 Å². The molecule has 2 N–H and O–H groups in total. The van der Waals surface area contributed by atoms with Crippen LogP contribution in [0.15, 0.2) is 18.3 Å². The molecule has 0 bridgehead atoms. The summed E-state index contributed by atoms with van der Waals surface area (Å²) in [6, 6.07) is 3.99. The Bertz CT molecular complexity index is 359. The van der Waals surface area contributed by atoms with E-state index in [1.165, 1.54) is 12.8 Å². The van der Waals surface area contributed by atoms with E-state index in [2.05, 4.69) is 16.0 Å². The number of thiocarbonyl (C=S) groups is 1. The van der Waals surface area contributed by atoms with Gasteiger partial charge in [0.25, 0.3) is 0 Å². The first-order valence-corrected chi connectivity index (χ1v) is 5.65. The fourth-order valence-electron chi connectivity index (χ4n) is 1.97. The van der Waals surface area contributed by atoms with Gasteiger partial charge < -0.3 is 10.6 Å². The molecule has 0 spiro atoms. The molecule has 2 heterocycles. The topological polar surface area (TPSA) is 42.1 Å². The number of hydrogen-bond donors (Lipinski definition) is 1. The lowest BCUT2D eigenvalue weighted by atomic mass is 10.2. The molecule has 0 aromatic carbocycles. The molecule has 1 aromatic heterocycles. The Balaban J connectivity index is 2.24. The van der Waals surface area contributed by atoms with Crippen molar-refractivity contribution in [2.75, 3.05) is 18.0 Å². The summed E-state index contributed by atoms with van der Waals surface area (Å²) in [5.74, 6) is 1.06. The summed E-state index contributed by atoms with van der Waals surface area (Å²) in [6.45, 7) is 2.20. The summed E-state index contributed by atoms with van der Waals surface area (Å²) in [5.41, 5.74) is 6.72. The second-order valence-corrected chi connectivity index (χ2v) is 4.35. The van der Waals surface area contributed by atoms with E-state index in [-0.39, 0.29) is 0 Å². The summed E-state index contributed by atoms with van der Waals surface area (Å²) < 4.78 is 0. The smallest absolute Gasteiger partial charge is 0.132 e. The highest BCUT2D eigenvalue weighted by molar-refractivity contribution is 7.80. The van der Waals surface area contributed by atoms with Crippen LogP contribution in [0.2, 0.25) is 0 Å². The predicted molar refractivity (Wildman–Crippen MR) is 66.2 cm³/mol. The Hall–Kier alpha value is -1.16. The molecule has 2 rings (SSSR count). The fraction of sp³-hybridized carbons (Fsp3) is 0.455. The molecule has 0 unspecified atom stereocenters. The molecule has 0 amide bonds. The minimum absolute atomic E-state index is 0.531. The third-order valence-corrected chi connectivity index (χ3v) is 2.78. The molecule has 0 saturated carbocycles. The highest BCUT2D eigenvalue weighted by Gasteiger charge is 2.16. The fourth-order valence-corrected chi connectivity index (χ4v) is 2.13. The largest absolute Gasteiger partial charge is 0.393 e. The van der Waals surface area contributed by atoms with E-state index in [4.69, 9.17) is 18.0 Å². The van der Waals surface area contributed by atoms with Gasteiger partial charge in [0.05, 0.1) is 4.99 Å². The second kappa shape index (κ2) is 4.57. The van der Waals surface area contributed by atoms with Crippen LogP contribution in [0, 0.1) is 0 Å². The molecule has 1 fully saturated rings. The van der Waals surface area contributed by atoms with Crippen molar-refractivity contribution in [2.45, 2.75) is 19.3 Å². The first-order chi connectivity index (χ1) is 7.27. The Kier molecular flexibility index (Phi) is 3.16. The van der Waals surface area contributed by atoms with Gasteiger partial charge in [-0.05, 0) is 18.9 Å². The van der Waals surface area contributed by atoms with E-state index in [0.29, 0.717) is 11.4 Å². The van der Waals surface area contributed by atoms with Gasteiger partial charge >= 0.3 is 0 Å². The lowest BCUT2D eigenvalue weighted by Gasteiger charge is -2.19. The molecule has 1 aliphatic heterocycles. The zero-order chi connectivity index (χ0) is 10.7. The van der Waals surface area contributed by atoms with Crippen LogP contribution >= 0.6 is 12.2 Å². The van der Waals surface area contributed by atoms with Crippen molar-refractivity contribution in [2.24, 2.45) is 5.73 Å². The maximum atomic E-state index is 5.58. The van der Waals surface area contributed by atoms with Gasteiger partial charge in [0, 0.05) is 31.3 Å². The van der Waals surface area contributed by atoms with Crippen LogP contribution in [0.5, 0.6) is 0 Å². The number of anilines is 1. The summed E-state index contributed by atoms with van der Waals surface area (Å²) in [6.07, 6.45) is 4.98. The van der Waals surface area contributed by atoms with Crippen LogP contribution in [-0.4, -0.2) is 23.1 Å².